The van der Waals surface area contributed by atoms with Crippen LogP contribution in [-0.4, -0.2) is 39.1 Å². The van der Waals surface area contributed by atoms with Crippen molar-refractivity contribution in [1.82, 2.24) is 10.2 Å². The van der Waals surface area contributed by atoms with Crippen LogP contribution >= 0.6 is 0 Å². The van der Waals surface area contributed by atoms with E-state index < -0.39 is 0 Å². The van der Waals surface area contributed by atoms with Crippen molar-refractivity contribution in [2.24, 2.45) is 0 Å². The van der Waals surface area contributed by atoms with Gasteiger partial charge in [-0.1, -0.05) is 85.0 Å². The van der Waals surface area contributed by atoms with Gasteiger partial charge in [-0.15, -0.1) is 0 Å². The van der Waals surface area contributed by atoms with Crippen molar-refractivity contribution in [3.8, 4) is 0 Å². The highest BCUT2D eigenvalue weighted by molar-refractivity contribution is 5.49. The second-order valence-electron chi connectivity index (χ2n) is 6.11. The summed E-state index contributed by atoms with van der Waals surface area (Å²) in [6.07, 6.45) is 10.9. The predicted octanol–water partition coefficient (Wildman–Crippen LogP) is 4.96. The second kappa shape index (κ2) is 14.2. The van der Waals surface area contributed by atoms with E-state index in [1.165, 1.54) is 11.1 Å². The van der Waals surface area contributed by atoms with Crippen LogP contribution in [0, 0.1) is 0 Å². The SMILES string of the molecule is CN(C)CCC=Cc1ccccc1.CNCCC=Cc1ccccc1. The Morgan fingerprint density at radius 3 is 1.68 bits per heavy atom. The van der Waals surface area contributed by atoms with Crippen molar-refractivity contribution < 1.29 is 0 Å². The third kappa shape index (κ3) is 11.9. The van der Waals surface area contributed by atoms with Gasteiger partial charge in [0.05, 0.1) is 0 Å². The first-order chi connectivity index (χ1) is 12.2. The van der Waals surface area contributed by atoms with E-state index in [-0.39, 0.29) is 0 Å². The zero-order chi connectivity index (χ0) is 18.2. The summed E-state index contributed by atoms with van der Waals surface area (Å²) in [5.41, 5.74) is 2.55. The van der Waals surface area contributed by atoms with E-state index in [0.29, 0.717) is 0 Å². The lowest BCUT2D eigenvalue weighted by Crippen LogP contribution is -2.11. The van der Waals surface area contributed by atoms with Crippen molar-refractivity contribution in [3.05, 3.63) is 83.9 Å². The molecule has 2 rings (SSSR count). The fraction of sp³-hybridized carbons (Fsp3) is 0.304. The molecule has 0 saturated heterocycles. The summed E-state index contributed by atoms with van der Waals surface area (Å²) in [5, 5.41) is 3.10. The highest BCUT2D eigenvalue weighted by Crippen LogP contribution is 2.02. The lowest BCUT2D eigenvalue weighted by atomic mass is 10.2. The van der Waals surface area contributed by atoms with E-state index in [1.807, 2.05) is 19.2 Å². The average molecular weight is 337 g/mol. The standard InChI is InChI=1S/C12H17N.C11H15N/c1-13(2)11-7-6-10-12-8-4-3-5-9-12;1-12-10-6-5-9-11-7-3-2-4-8-11/h3-6,8-10H,7,11H2,1-2H3;2-5,7-9,12H,6,10H2,1H3. The predicted molar refractivity (Wildman–Crippen MR) is 113 cm³/mol. The summed E-state index contributed by atoms with van der Waals surface area (Å²) in [6.45, 7) is 2.16. The normalized spacial score (nSPS) is 11.0. The van der Waals surface area contributed by atoms with Crippen LogP contribution in [-0.2, 0) is 0 Å². The van der Waals surface area contributed by atoms with Gasteiger partial charge in [0.15, 0.2) is 0 Å². The summed E-state index contributed by atoms with van der Waals surface area (Å²) in [7, 11) is 6.16. The quantitative estimate of drug-likeness (QED) is 0.685. The number of hydrogen-bond acceptors (Lipinski definition) is 2. The number of benzene rings is 2. The summed E-state index contributed by atoms with van der Waals surface area (Å²) >= 11 is 0. The van der Waals surface area contributed by atoms with Gasteiger partial charge in [-0.05, 0) is 51.7 Å². The van der Waals surface area contributed by atoms with Crippen molar-refractivity contribution in [2.75, 3.05) is 34.2 Å². The highest BCUT2D eigenvalue weighted by atomic mass is 15.0. The van der Waals surface area contributed by atoms with Gasteiger partial charge in [0.1, 0.15) is 0 Å². The van der Waals surface area contributed by atoms with E-state index in [9.17, 15) is 0 Å². The van der Waals surface area contributed by atoms with Gasteiger partial charge >= 0.3 is 0 Å². The fourth-order valence-electron chi connectivity index (χ4n) is 2.13. The molecule has 25 heavy (non-hydrogen) atoms. The van der Waals surface area contributed by atoms with Crippen LogP contribution in [0.25, 0.3) is 12.2 Å². The number of nitrogens with zero attached hydrogens (tertiary/aromatic N) is 1. The van der Waals surface area contributed by atoms with Gasteiger partial charge in [-0.2, -0.15) is 0 Å². The van der Waals surface area contributed by atoms with Crippen LogP contribution in [0.1, 0.15) is 24.0 Å². The molecule has 2 heteroatoms. The molecule has 0 aliphatic carbocycles. The van der Waals surface area contributed by atoms with Crippen LogP contribution in [0.3, 0.4) is 0 Å². The van der Waals surface area contributed by atoms with Gasteiger partial charge in [0.25, 0.3) is 0 Å². The van der Waals surface area contributed by atoms with E-state index in [0.717, 1.165) is 25.9 Å². The zero-order valence-electron chi connectivity index (χ0n) is 15.9. The van der Waals surface area contributed by atoms with Gasteiger partial charge in [-0.25, -0.2) is 0 Å². The van der Waals surface area contributed by atoms with Crippen LogP contribution in [0.2, 0.25) is 0 Å². The molecule has 0 aliphatic rings. The first kappa shape index (κ1) is 20.9. The Balaban J connectivity index is 0.000000251. The Hall–Kier alpha value is -2.16. The van der Waals surface area contributed by atoms with E-state index in [2.05, 4.69) is 97.1 Å². The Labute approximate surface area is 153 Å². The van der Waals surface area contributed by atoms with Gasteiger partial charge in [0, 0.05) is 6.54 Å². The summed E-state index contributed by atoms with van der Waals surface area (Å²) < 4.78 is 0. The van der Waals surface area contributed by atoms with Gasteiger partial charge in [-0.3, -0.25) is 0 Å². The van der Waals surface area contributed by atoms with Crippen molar-refractivity contribution in [3.63, 3.8) is 0 Å². The van der Waals surface area contributed by atoms with Gasteiger partial charge < -0.3 is 10.2 Å². The smallest absolute Gasteiger partial charge is 0.000992 e. The largest absolute Gasteiger partial charge is 0.319 e. The first-order valence-electron chi connectivity index (χ1n) is 8.95. The lowest BCUT2D eigenvalue weighted by molar-refractivity contribution is 0.417. The summed E-state index contributed by atoms with van der Waals surface area (Å²) in [5.74, 6) is 0. The maximum Gasteiger partial charge on any atom is 0.000992 e. The van der Waals surface area contributed by atoms with E-state index in [4.69, 9.17) is 0 Å². The Morgan fingerprint density at radius 1 is 0.760 bits per heavy atom. The molecule has 134 valence electrons. The minimum Gasteiger partial charge on any atom is -0.319 e. The molecule has 0 amide bonds. The third-order valence-electron chi connectivity index (χ3n) is 3.52. The molecule has 2 nitrogen and oxygen atoms in total. The van der Waals surface area contributed by atoms with E-state index >= 15 is 0 Å². The maximum atomic E-state index is 3.10. The molecular formula is C23H32N2. The molecule has 0 radical (unpaired) electrons. The lowest BCUT2D eigenvalue weighted by Gasteiger charge is -2.05. The average Bonchev–Trinajstić information content (AvgIpc) is 2.65. The zero-order valence-corrected chi connectivity index (χ0v) is 15.9. The molecule has 0 fully saturated rings. The first-order valence-corrected chi connectivity index (χ1v) is 8.95. The summed E-state index contributed by atoms with van der Waals surface area (Å²) in [4.78, 5) is 2.19. The molecular weight excluding hydrogens is 304 g/mol. The Kier molecular flexibility index (Phi) is 11.9. The Morgan fingerprint density at radius 2 is 1.24 bits per heavy atom. The third-order valence-corrected chi connectivity index (χ3v) is 3.52. The minimum absolute atomic E-state index is 1.04. The van der Waals surface area contributed by atoms with Crippen molar-refractivity contribution in [1.29, 1.82) is 0 Å². The topological polar surface area (TPSA) is 15.3 Å². The molecule has 0 saturated carbocycles. The van der Waals surface area contributed by atoms with Crippen molar-refractivity contribution in [2.45, 2.75) is 12.8 Å². The number of nitrogens with one attached hydrogen (secondary N) is 1. The molecule has 0 bridgehead atoms. The second-order valence-corrected chi connectivity index (χ2v) is 6.11. The molecule has 0 atom stereocenters. The molecule has 2 aromatic rings. The number of hydrogen-bond donors (Lipinski definition) is 1. The molecule has 2 aromatic carbocycles. The highest BCUT2D eigenvalue weighted by Gasteiger charge is 1.86. The molecule has 0 unspecified atom stereocenters. The maximum absolute atomic E-state index is 3.10. The molecule has 0 heterocycles. The fourth-order valence-corrected chi connectivity index (χ4v) is 2.13. The molecule has 1 N–H and O–H groups in total. The monoisotopic (exact) mass is 336 g/mol. The minimum atomic E-state index is 1.04. The van der Waals surface area contributed by atoms with Gasteiger partial charge in [0.2, 0.25) is 0 Å². The molecule has 0 spiro atoms. The van der Waals surface area contributed by atoms with Crippen LogP contribution < -0.4 is 5.32 Å². The molecule has 0 aromatic heterocycles. The van der Waals surface area contributed by atoms with Crippen molar-refractivity contribution >= 4 is 12.2 Å². The van der Waals surface area contributed by atoms with Crippen LogP contribution in [0.4, 0.5) is 0 Å². The van der Waals surface area contributed by atoms with E-state index in [1.54, 1.807) is 0 Å². The summed E-state index contributed by atoms with van der Waals surface area (Å²) in [6, 6.07) is 20.7. The molecule has 0 aliphatic heterocycles. The van der Waals surface area contributed by atoms with Crippen LogP contribution in [0.15, 0.2) is 72.8 Å². The number of rotatable bonds is 8. The Bertz CT molecular complexity index is 586. The van der Waals surface area contributed by atoms with Crippen LogP contribution in [0.5, 0.6) is 0 Å².